The van der Waals surface area contributed by atoms with Gasteiger partial charge in [0.1, 0.15) is 41.4 Å². The van der Waals surface area contributed by atoms with E-state index in [2.05, 4.69) is 20.9 Å². The number of nitrogens with one attached hydrogen (secondary N) is 3. The summed E-state index contributed by atoms with van der Waals surface area (Å²) in [5.74, 6) is -0.680. The van der Waals surface area contributed by atoms with Crippen molar-refractivity contribution in [3.8, 4) is 17.3 Å². The van der Waals surface area contributed by atoms with Crippen LogP contribution in [-0.2, 0) is 21.4 Å². The first kappa shape index (κ1) is 30.0. The van der Waals surface area contributed by atoms with E-state index in [-0.39, 0.29) is 24.1 Å². The molecule has 4 N–H and O–H groups in total. The number of carbonyl (C=O) groups is 2. The Labute approximate surface area is 264 Å². The van der Waals surface area contributed by atoms with Crippen LogP contribution < -0.4 is 20.7 Å². The summed E-state index contributed by atoms with van der Waals surface area (Å²) in [5, 5.41) is 19.7. The summed E-state index contributed by atoms with van der Waals surface area (Å²) in [5.41, 5.74) is 1.67. The van der Waals surface area contributed by atoms with Gasteiger partial charge in [-0.05, 0) is 48.1 Å². The summed E-state index contributed by atoms with van der Waals surface area (Å²) in [7, 11) is 0. The van der Waals surface area contributed by atoms with Crippen molar-refractivity contribution in [2.75, 3.05) is 5.32 Å². The minimum absolute atomic E-state index is 0.106. The molecular formula is C34H36FN5O6. The van der Waals surface area contributed by atoms with Crippen molar-refractivity contribution in [3.05, 3.63) is 82.5 Å². The number of oxazole rings is 2. The maximum Gasteiger partial charge on any atom is 0.249 e. The van der Waals surface area contributed by atoms with E-state index in [9.17, 15) is 14.7 Å². The fourth-order valence-corrected chi connectivity index (χ4v) is 6.60. The van der Waals surface area contributed by atoms with Gasteiger partial charge in [0.15, 0.2) is 17.7 Å². The minimum atomic E-state index is -1.30. The maximum atomic E-state index is 15.1. The summed E-state index contributed by atoms with van der Waals surface area (Å²) in [6, 6.07) is 8.18. The molecule has 5 atom stereocenters. The van der Waals surface area contributed by atoms with Crippen LogP contribution in [0.2, 0.25) is 0 Å². The summed E-state index contributed by atoms with van der Waals surface area (Å²) < 4.78 is 34.2. The molecule has 0 radical (unpaired) electrons. The van der Waals surface area contributed by atoms with E-state index in [4.69, 9.17) is 18.6 Å². The van der Waals surface area contributed by atoms with Crippen LogP contribution in [0.3, 0.4) is 0 Å². The molecule has 3 aliphatic heterocycles. The number of aliphatic hydroxyl groups excluding tert-OH is 1. The van der Waals surface area contributed by atoms with Crippen LogP contribution in [0.5, 0.6) is 5.75 Å². The van der Waals surface area contributed by atoms with Crippen LogP contribution in [0.1, 0.15) is 74.7 Å². The van der Waals surface area contributed by atoms with Crippen LogP contribution >= 0.6 is 0 Å². The van der Waals surface area contributed by atoms with Gasteiger partial charge in [-0.25, -0.2) is 14.4 Å². The van der Waals surface area contributed by atoms with Crippen molar-refractivity contribution in [3.63, 3.8) is 0 Å². The molecule has 0 fully saturated rings. The monoisotopic (exact) mass is 629 g/mol. The number of hydrogen-bond acceptors (Lipinski definition) is 9. The Hall–Kier alpha value is -4.71. The second-order valence-corrected chi connectivity index (χ2v) is 13.8. The Morgan fingerprint density at radius 1 is 1.13 bits per heavy atom. The molecule has 0 saturated carbocycles. The number of anilines is 1. The molecule has 3 aliphatic rings. The van der Waals surface area contributed by atoms with Crippen LogP contribution in [0.4, 0.5) is 10.1 Å². The average Bonchev–Trinajstić information content (AvgIpc) is 3.75. The molecule has 11 nitrogen and oxygen atoms in total. The normalized spacial score (nSPS) is 23.8. The van der Waals surface area contributed by atoms with Gasteiger partial charge in [0.05, 0.1) is 5.69 Å². The molecule has 2 aromatic carbocycles. The summed E-state index contributed by atoms with van der Waals surface area (Å²) in [6.07, 6.45) is -0.430. The first-order valence-corrected chi connectivity index (χ1v) is 15.4. The van der Waals surface area contributed by atoms with E-state index in [1.54, 1.807) is 32.9 Å². The summed E-state index contributed by atoms with van der Waals surface area (Å²) in [6.45, 7) is 11.0. The number of aliphatic hydroxyl groups is 1. The minimum Gasteiger partial charge on any atom is -0.469 e. The maximum absolute atomic E-state index is 15.1. The number of carbonyl (C=O) groups excluding carboxylic acids is 2. The lowest BCUT2D eigenvalue weighted by atomic mass is 9.72. The second kappa shape index (κ2) is 10.4. The van der Waals surface area contributed by atoms with Crippen molar-refractivity contribution in [2.45, 2.75) is 77.8 Å². The molecule has 4 bridgehead atoms. The Morgan fingerprint density at radius 2 is 1.91 bits per heavy atom. The number of halogens is 1. The molecule has 5 heterocycles. The predicted molar refractivity (Wildman–Crippen MR) is 164 cm³/mol. The second-order valence-electron chi connectivity index (χ2n) is 13.8. The lowest BCUT2D eigenvalue weighted by Crippen LogP contribution is -2.53. The molecule has 0 unspecified atom stereocenters. The molecule has 12 heteroatoms. The van der Waals surface area contributed by atoms with E-state index in [1.165, 1.54) is 18.4 Å². The van der Waals surface area contributed by atoms with E-state index in [0.717, 1.165) is 0 Å². The highest BCUT2D eigenvalue weighted by Gasteiger charge is 2.61. The van der Waals surface area contributed by atoms with Crippen LogP contribution in [0.25, 0.3) is 11.6 Å². The molecule has 240 valence electrons. The number of aryl methyl sites for hydroxylation is 1. The number of nitrogens with zero attached hydrogens (tertiary/aromatic N) is 2. The van der Waals surface area contributed by atoms with Gasteiger partial charge in [-0.15, -0.1) is 0 Å². The topological polar surface area (TPSA) is 152 Å². The van der Waals surface area contributed by atoms with Gasteiger partial charge in [0.25, 0.3) is 0 Å². The Kier molecular flexibility index (Phi) is 6.78. The first-order valence-electron chi connectivity index (χ1n) is 15.4. The third-order valence-corrected chi connectivity index (χ3v) is 9.00. The fourth-order valence-electron chi connectivity index (χ4n) is 6.60. The zero-order valence-electron chi connectivity index (χ0n) is 26.4. The number of rotatable bonds is 4. The van der Waals surface area contributed by atoms with E-state index in [0.29, 0.717) is 45.3 Å². The number of amides is 2. The van der Waals surface area contributed by atoms with Crippen LogP contribution in [-0.4, -0.2) is 45.3 Å². The molecular weight excluding hydrogens is 593 g/mol. The lowest BCUT2D eigenvalue weighted by molar-refractivity contribution is -0.136. The highest BCUT2D eigenvalue weighted by Crippen LogP contribution is 2.59. The summed E-state index contributed by atoms with van der Waals surface area (Å²) in [4.78, 5) is 36.6. The standard InChI is InChI=1S/C34H36FN5O6/c1-15(2)25(41)29(43)37-22-12-17-7-10-23-20(11-17)34(19-13-18(35)8-9-21(19)38-32(34)45-23)27-24(30-36-16(3)14-44-30)39-31(46-27)26(33(4,5)6)40-28(22)42/h7-11,13-15,22,25-26,32,38,41H,12H2,1-6H3,(H,37,43)(H,40,42)/t22-,25-,26+,32+,34-/m0/s1. The molecule has 4 aromatic rings. The number of fused-ring (bicyclic) bond motifs is 4. The van der Waals surface area contributed by atoms with E-state index < -0.39 is 52.9 Å². The van der Waals surface area contributed by atoms with Crippen molar-refractivity contribution >= 4 is 17.5 Å². The van der Waals surface area contributed by atoms with Crippen LogP contribution in [0.15, 0.2) is 51.5 Å². The average molecular weight is 630 g/mol. The van der Waals surface area contributed by atoms with Gasteiger partial charge in [-0.3, -0.25) is 9.59 Å². The van der Waals surface area contributed by atoms with Crippen molar-refractivity contribution in [2.24, 2.45) is 11.3 Å². The van der Waals surface area contributed by atoms with Gasteiger partial charge < -0.3 is 34.6 Å². The molecule has 46 heavy (non-hydrogen) atoms. The summed E-state index contributed by atoms with van der Waals surface area (Å²) >= 11 is 0. The number of benzene rings is 2. The van der Waals surface area contributed by atoms with Gasteiger partial charge in [-0.1, -0.05) is 46.8 Å². The smallest absolute Gasteiger partial charge is 0.249 e. The Balaban J connectivity index is 1.51. The van der Waals surface area contributed by atoms with Crippen molar-refractivity contribution in [1.29, 1.82) is 0 Å². The number of hydrogen-bond donors (Lipinski definition) is 4. The van der Waals surface area contributed by atoms with E-state index >= 15 is 4.39 Å². The predicted octanol–water partition coefficient (Wildman–Crippen LogP) is 4.52. The molecule has 2 aromatic heterocycles. The molecule has 2 amide bonds. The highest BCUT2D eigenvalue weighted by molar-refractivity contribution is 5.90. The zero-order valence-corrected chi connectivity index (χ0v) is 26.4. The molecule has 1 spiro atoms. The zero-order chi connectivity index (χ0) is 32.7. The quantitative estimate of drug-likeness (QED) is 0.255. The number of ether oxygens (including phenoxy) is 1. The molecule has 7 rings (SSSR count). The van der Waals surface area contributed by atoms with E-state index in [1.807, 2.05) is 32.9 Å². The Morgan fingerprint density at radius 3 is 2.61 bits per heavy atom. The van der Waals surface area contributed by atoms with Gasteiger partial charge in [0.2, 0.25) is 23.6 Å². The van der Waals surface area contributed by atoms with Gasteiger partial charge in [-0.2, -0.15) is 0 Å². The SMILES string of the molecule is Cc1coc(-c2nc3oc2[C@@]24c5cc(F)ccc5N[C@@H]2Oc2ccc(cc24)C[C@H](NC(=O)[C@@H](O)C(C)C)C(=O)N[C@H]3C(C)(C)C)n1. The Bertz CT molecular complexity index is 1880. The van der Waals surface area contributed by atoms with Crippen molar-refractivity contribution in [1.82, 2.24) is 20.6 Å². The van der Waals surface area contributed by atoms with Crippen LogP contribution in [0, 0.1) is 24.1 Å². The molecule has 0 aliphatic carbocycles. The third-order valence-electron chi connectivity index (χ3n) is 9.00. The first-order chi connectivity index (χ1) is 21.8. The van der Waals surface area contributed by atoms with Crippen molar-refractivity contribution < 1.29 is 32.7 Å². The number of aromatic nitrogens is 2. The largest absolute Gasteiger partial charge is 0.469 e. The fraction of sp³-hybridized carbons (Fsp3) is 0.412. The lowest BCUT2D eigenvalue weighted by Gasteiger charge is -2.32. The third kappa shape index (κ3) is 4.57. The molecule has 0 saturated heterocycles. The van der Waals surface area contributed by atoms with Gasteiger partial charge in [0, 0.05) is 23.2 Å². The van der Waals surface area contributed by atoms with Gasteiger partial charge >= 0.3 is 0 Å². The highest BCUT2D eigenvalue weighted by atomic mass is 19.1.